The number of aromatic carboxylic acids is 1. The Balaban J connectivity index is 2.46. The molecule has 0 spiro atoms. The van der Waals surface area contributed by atoms with Gasteiger partial charge in [0.1, 0.15) is 5.75 Å². The van der Waals surface area contributed by atoms with Crippen LogP contribution in [0.15, 0.2) is 36.4 Å². The Morgan fingerprint density at radius 2 is 1.70 bits per heavy atom. The number of hydrogen-bond acceptors (Lipinski definition) is 3. The fourth-order valence-electron chi connectivity index (χ4n) is 1.73. The molecule has 0 atom stereocenters. The minimum Gasteiger partial charge on any atom is -0.495 e. The maximum absolute atomic E-state index is 11.2. The number of benzene rings is 2. The van der Waals surface area contributed by atoms with Crippen molar-refractivity contribution >= 4 is 40.5 Å². The molecule has 0 saturated heterocycles. The van der Waals surface area contributed by atoms with Gasteiger partial charge in [0.2, 0.25) is 0 Å². The largest absolute Gasteiger partial charge is 0.495 e. The van der Waals surface area contributed by atoms with Gasteiger partial charge in [-0.15, -0.1) is 0 Å². The quantitative estimate of drug-likeness (QED) is 0.876. The van der Waals surface area contributed by atoms with E-state index in [9.17, 15) is 9.90 Å². The summed E-state index contributed by atoms with van der Waals surface area (Å²) in [6, 6.07) is 9.50. The number of methoxy groups -OCH3 is 1. The summed E-state index contributed by atoms with van der Waals surface area (Å²) in [5, 5.41) is 13.1. The minimum atomic E-state index is -1.05. The van der Waals surface area contributed by atoms with Crippen molar-refractivity contribution < 1.29 is 14.6 Å². The predicted octanol–water partition coefficient (Wildman–Crippen LogP) is 4.44. The van der Waals surface area contributed by atoms with Crippen molar-refractivity contribution in [2.75, 3.05) is 12.4 Å². The molecule has 0 radical (unpaired) electrons. The van der Waals surface area contributed by atoms with Crippen molar-refractivity contribution in [1.29, 1.82) is 0 Å². The molecule has 0 heterocycles. The molecule has 0 aliphatic carbocycles. The fraction of sp³-hybridized carbons (Fsp3) is 0.0714. The summed E-state index contributed by atoms with van der Waals surface area (Å²) >= 11 is 11.8. The van der Waals surface area contributed by atoms with E-state index in [1.165, 1.54) is 25.3 Å². The third-order valence-electron chi connectivity index (χ3n) is 2.64. The van der Waals surface area contributed by atoms with E-state index in [4.69, 9.17) is 27.9 Å². The van der Waals surface area contributed by atoms with Crippen LogP contribution in [0, 0.1) is 0 Å². The second-order valence-corrected chi connectivity index (χ2v) is 4.84. The highest BCUT2D eigenvalue weighted by atomic mass is 35.5. The number of rotatable bonds is 4. The summed E-state index contributed by atoms with van der Waals surface area (Å²) in [6.07, 6.45) is 0. The number of nitrogens with one attached hydrogen (secondary N) is 1. The molecule has 0 aromatic heterocycles. The van der Waals surface area contributed by atoms with Gasteiger partial charge in [0.15, 0.2) is 0 Å². The second kappa shape index (κ2) is 6.03. The SMILES string of the molecule is COc1ccc(Cl)cc1Nc1cc(Cl)ccc1C(=O)O. The number of carboxylic acids is 1. The number of ether oxygens (including phenoxy) is 1. The molecule has 2 rings (SSSR count). The molecule has 4 nitrogen and oxygen atoms in total. The molecule has 2 N–H and O–H groups in total. The van der Waals surface area contributed by atoms with Crippen molar-refractivity contribution in [3.05, 3.63) is 52.0 Å². The first-order chi connectivity index (χ1) is 9.51. The zero-order valence-electron chi connectivity index (χ0n) is 10.5. The van der Waals surface area contributed by atoms with Crippen LogP contribution in [0.1, 0.15) is 10.4 Å². The lowest BCUT2D eigenvalue weighted by Crippen LogP contribution is -2.03. The first-order valence-corrected chi connectivity index (χ1v) is 6.40. The molecule has 0 fully saturated rings. The van der Waals surface area contributed by atoms with E-state index in [-0.39, 0.29) is 5.56 Å². The molecule has 6 heteroatoms. The first kappa shape index (κ1) is 14.5. The Labute approximate surface area is 125 Å². The normalized spacial score (nSPS) is 10.2. The van der Waals surface area contributed by atoms with Crippen molar-refractivity contribution in [3.8, 4) is 5.75 Å². The van der Waals surface area contributed by atoms with Crippen LogP contribution in [0.2, 0.25) is 10.0 Å². The molecule has 2 aromatic carbocycles. The van der Waals surface area contributed by atoms with Gasteiger partial charge in [-0.1, -0.05) is 23.2 Å². The molecular formula is C14H11Cl2NO3. The molecule has 20 heavy (non-hydrogen) atoms. The van der Waals surface area contributed by atoms with E-state index in [1.54, 1.807) is 18.2 Å². The molecule has 104 valence electrons. The Kier molecular flexibility index (Phi) is 4.37. The standard InChI is InChI=1S/C14H11Cl2NO3/c1-20-13-5-3-9(16)7-12(13)17-11-6-8(15)2-4-10(11)14(18)19/h2-7,17H,1H3,(H,18,19). The predicted molar refractivity (Wildman–Crippen MR) is 79.7 cm³/mol. The summed E-state index contributed by atoms with van der Waals surface area (Å²) < 4.78 is 5.20. The van der Waals surface area contributed by atoms with Crippen LogP contribution >= 0.6 is 23.2 Å². The molecular weight excluding hydrogens is 301 g/mol. The van der Waals surface area contributed by atoms with Crippen LogP contribution in [0.25, 0.3) is 0 Å². The second-order valence-electron chi connectivity index (χ2n) is 3.96. The van der Waals surface area contributed by atoms with Crippen molar-refractivity contribution in [1.82, 2.24) is 0 Å². The van der Waals surface area contributed by atoms with Gasteiger partial charge in [-0.05, 0) is 36.4 Å². The minimum absolute atomic E-state index is 0.108. The van der Waals surface area contributed by atoms with Crippen LogP contribution in [-0.4, -0.2) is 18.2 Å². The van der Waals surface area contributed by atoms with E-state index in [0.29, 0.717) is 27.2 Å². The topological polar surface area (TPSA) is 58.6 Å². The zero-order chi connectivity index (χ0) is 14.7. The zero-order valence-corrected chi connectivity index (χ0v) is 12.0. The van der Waals surface area contributed by atoms with Crippen molar-refractivity contribution in [2.24, 2.45) is 0 Å². The fourth-order valence-corrected chi connectivity index (χ4v) is 2.07. The Hall–Kier alpha value is -1.91. The third-order valence-corrected chi connectivity index (χ3v) is 3.11. The van der Waals surface area contributed by atoms with E-state index < -0.39 is 5.97 Å². The number of carbonyl (C=O) groups is 1. The average molecular weight is 312 g/mol. The first-order valence-electron chi connectivity index (χ1n) is 5.64. The maximum Gasteiger partial charge on any atom is 0.337 e. The van der Waals surface area contributed by atoms with Crippen molar-refractivity contribution in [3.63, 3.8) is 0 Å². The molecule has 0 aliphatic heterocycles. The molecule has 2 aromatic rings. The maximum atomic E-state index is 11.2. The van der Waals surface area contributed by atoms with E-state index in [2.05, 4.69) is 5.32 Å². The van der Waals surface area contributed by atoms with Crippen LogP contribution < -0.4 is 10.1 Å². The summed E-state index contributed by atoms with van der Waals surface area (Å²) in [5.41, 5.74) is 1.03. The highest BCUT2D eigenvalue weighted by Gasteiger charge is 2.12. The third kappa shape index (κ3) is 3.15. The smallest absolute Gasteiger partial charge is 0.337 e. The Bertz CT molecular complexity index is 659. The highest BCUT2D eigenvalue weighted by molar-refractivity contribution is 6.31. The lowest BCUT2D eigenvalue weighted by Gasteiger charge is -2.13. The van der Waals surface area contributed by atoms with Gasteiger partial charge < -0.3 is 15.2 Å². The number of carboxylic acid groups (broad SMARTS) is 1. The number of hydrogen-bond donors (Lipinski definition) is 2. The van der Waals surface area contributed by atoms with Crippen molar-refractivity contribution in [2.45, 2.75) is 0 Å². The van der Waals surface area contributed by atoms with E-state index in [0.717, 1.165) is 0 Å². The van der Waals surface area contributed by atoms with Gasteiger partial charge in [0.05, 0.1) is 24.0 Å². The van der Waals surface area contributed by atoms with Gasteiger partial charge in [-0.3, -0.25) is 0 Å². The number of anilines is 2. The summed E-state index contributed by atoms with van der Waals surface area (Å²) in [6.45, 7) is 0. The molecule has 0 bridgehead atoms. The Morgan fingerprint density at radius 1 is 1.10 bits per heavy atom. The molecule has 0 saturated carbocycles. The van der Waals surface area contributed by atoms with Crippen LogP contribution in [0.3, 0.4) is 0 Å². The summed E-state index contributed by atoms with van der Waals surface area (Å²) in [4.78, 5) is 11.2. The van der Waals surface area contributed by atoms with Crippen LogP contribution in [0.4, 0.5) is 11.4 Å². The van der Waals surface area contributed by atoms with Gasteiger partial charge in [-0.2, -0.15) is 0 Å². The Morgan fingerprint density at radius 3 is 2.30 bits per heavy atom. The van der Waals surface area contributed by atoms with Gasteiger partial charge in [0.25, 0.3) is 0 Å². The summed E-state index contributed by atoms with van der Waals surface area (Å²) in [5.74, 6) is -0.504. The van der Waals surface area contributed by atoms with Crippen LogP contribution in [0.5, 0.6) is 5.75 Å². The van der Waals surface area contributed by atoms with E-state index in [1.807, 2.05) is 0 Å². The van der Waals surface area contributed by atoms with Gasteiger partial charge in [0, 0.05) is 10.0 Å². The average Bonchev–Trinajstić information content (AvgIpc) is 2.38. The van der Waals surface area contributed by atoms with Gasteiger partial charge >= 0.3 is 5.97 Å². The lowest BCUT2D eigenvalue weighted by atomic mass is 10.1. The highest BCUT2D eigenvalue weighted by Crippen LogP contribution is 2.32. The number of halogens is 2. The molecule has 0 amide bonds. The molecule has 0 unspecified atom stereocenters. The van der Waals surface area contributed by atoms with Crippen LogP contribution in [-0.2, 0) is 0 Å². The van der Waals surface area contributed by atoms with E-state index >= 15 is 0 Å². The lowest BCUT2D eigenvalue weighted by molar-refractivity contribution is 0.0698. The molecule has 0 aliphatic rings. The van der Waals surface area contributed by atoms with Gasteiger partial charge in [-0.25, -0.2) is 4.79 Å². The monoisotopic (exact) mass is 311 g/mol. The summed E-state index contributed by atoms with van der Waals surface area (Å²) in [7, 11) is 1.52.